The fourth-order valence-corrected chi connectivity index (χ4v) is 1.47. The summed E-state index contributed by atoms with van der Waals surface area (Å²) in [4.78, 5) is 0. The molecule has 0 unspecified atom stereocenters. The fourth-order valence-electron chi connectivity index (χ4n) is 0.689. The van der Waals surface area contributed by atoms with Crippen LogP contribution in [0.2, 0.25) is 5.02 Å². The molecule has 0 amide bonds. The van der Waals surface area contributed by atoms with E-state index in [1.165, 1.54) is 12.1 Å². The second kappa shape index (κ2) is 3.67. The molecule has 0 nitrogen and oxygen atoms in total. The van der Waals surface area contributed by atoms with Crippen LogP contribution >= 0.6 is 34.2 Å². The standard InChI is InChI=1S/C7H4ClF2I/c8-5-3-1-2-4(6(5)11)7(9)10/h1-3,7H. The smallest absolute Gasteiger partial charge is 0.205 e. The van der Waals surface area contributed by atoms with Crippen LogP contribution in [0.15, 0.2) is 18.2 Å². The van der Waals surface area contributed by atoms with Gasteiger partial charge in [-0.05, 0) is 28.7 Å². The highest BCUT2D eigenvalue weighted by Gasteiger charge is 2.12. The molecule has 11 heavy (non-hydrogen) atoms. The first kappa shape index (κ1) is 9.19. The zero-order valence-corrected chi connectivity index (χ0v) is 8.23. The first-order chi connectivity index (χ1) is 5.13. The topological polar surface area (TPSA) is 0 Å². The molecule has 1 rings (SSSR count). The summed E-state index contributed by atoms with van der Waals surface area (Å²) >= 11 is 7.43. The molecule has 0 bridgehead atoms. The Balaban J connectivity index is 3.17. The highest BCUT2D eigenvalue weighted by molar-refractivity contribution is 14.1. The maximum absolute atomic E-state index is 12.1. The summed E-state index contributed by atoms with van der Waals surface area (Å²) in [5.41, 5.74) is -0.00176. The summed E-state index contributed by atoms with van der Waals surface area (Å²) in [5.74, 6) is 0. The fraction of sp³-hybridized carbons (Fsp3) is 0.143. The largest absolute Gasteiger partial charge is 0.264 e. The van der Waals surface area contributed by atoms with Gasteiger partial charge in [-0.2, -0.15) is 0 Å². The lowest BCUT2D eigenvalue weighted by molar-refractivity contribution is 0.150. The molecule has 0 aliphatic heterocycles. The number of hydrogen-bond acceptors (Lipinski definition) is 0. The van der Waals surface area contributed by atoms with E-state index in [1.807, 2.05) is 22.6 Å². The van der Waals surface area contributed by atoms with E-state index in [0.29, 0.717) is 8.59 Å². The Morgan fingerprint density at radius 1 is 1.36 bits per heavy atom. The molecule has 0 radical (unpaired) electrons. The minimum atomic E-state index is -2.44. The van der Waals surface area contributed by atoms with Gasteiger partial charge in [0.25, 0.3) is 6.43 Å². The monoisotopic (exact) mass is 288 g/mol. The average molecular weight is 288 g/mol. The van der Waals surface area contributed by atoms with E-state index in [-0.39, 0.29) is 5.56 Å². The molecule has 1 aromatic rings. The summed E-state index contributed by atoms with van der Waals surface area (Å²) < 4.78 is 24.7. The van der Waals surface area contributed by atoms with Gasteiger partial charge in [-0.15, -0.1) is 0 Å². The molecule has 0 aromatic heterocycles. The van der Waals surface area contributed by atoms with E-state index in [2.05, 4.69) is 0 Å². The van der Waals surface area contributed by atoms with Crippen molar-refractivity contribution in [3.63, 3.8) is 0 Å². The van der Waals surface area contributed by atoms with Gasteiger partial charge in [-0.1, -0.05) is 23.7 Å². The molecule has 60 valence electrons. The molecule has 0 fully saturated rings. The summed E-state index contributed by atoms with van der Waals surface area (Å²) in [7, 11) is 0. The van der Waals surface area contributed by atoms with E-state index in [0.717, 1.165) is 0 Å². The summed E-state index contributed by atoms with van der Waals surface area (Å²) in [6.45, 7) is 0. The van der Waals surface area contributed by atoms with Crippen molar-refractivity contribution in [3.05, 3.63) is 32.4 Å². The zero-order chi connectivity index (χ0) is 8.43. The van der Waals surface area contributed by atoms with Crippen LogP contribution in [0.5, 0.6) is 0 Å². The maximum Gasteiger partial charge on any atom is 0.264 e. The molecule has 0 saturated heterocycles. The van der Waals surface area contributed by atoms with Crippen LogP contribution in [-0.4, -0.2) is 0 Å². The van der Waals surface area contributed by atoms with E-state index in [4.69, 9.17) is 11.6 Å². The number of alkyl halides is 2. The van der Waals surface area contributed by atoms with Crippen LogP contribution in [0, 0.1) is 3.57 Å². The van der Waals surface area contributed by atoms with E-state index in [1.54, 1.807) is 6.07 Å². The second-order valence-corrected chi connectivity index (χ2v) is 3.43. The molecule has 0 atom stereocenters. The number of halogens is 4. The summed E-state index contributed by atoms with van der Waals surface area (Å²) in [5, 5.41) is 0.378. The molecule has 0 spiro atoms. The van der Waals surface area contributed by atoms with Gasteiger partial charge in [-0.3, -0.25) is 0 Å². The van der Waals surface area contributed by atoms with Crippen LogP contribution in [-0.2, 0) is 0 Å². The third-order valence-electron chi connectivity index (χ3n) is 1.22. The highest BCUT2D eigenvalue weighted by Crippen LogP contribution is 2.28. The molecule has 1 aromatic carbocycles. The first-order valence-corrected chi connectivity index (χ1v) is 4.30. The Labute approximate surface area is 81.7 Å². The van der Waals surface area contributed by atoms with Crippen molar-refractivity contribution < 1.29 is 8.78 Å². The van der Waals surface area contributed by atoms with Crippen molar-refractivity contribution in [1.82, 2.24) is 0 Å². The average Bonchev–Trinajstić information content (AvgIpc) is 1.94. The van der Waals surface area contributed by atoms with Crippen LogP contribution in [0.3, 0.4) is 0 Å². The third-order valence-corrected chi connectivity index (χ3v) is 3.05. The quantitative estimate of drug-likeness (QED) is 0.688. The van der Waals surface area contributed by atoms with Gasteiger partial charge in [0.2, 0.25) is 0 Å². The minimum absolute atomic E-state index is 0.00176. The molecule has 0 N–H and O–H groups in total. The van der Waals surface area contributed by atoms with Crippen molar-refractivity contribution in [2.24, 2.45) is 0 Å². The minimum Gasteiger partial charge on any atom is -0.205 e. The molecule has 0 saturated carbocycles. The Bertz CT molecular complexity index is 263. The molecule has 0 heterocycles. The summed E-state index contributed by atoms with van der Waals surface area (Å²) in [6.07, 6.45) is -2.44. The SMILES string of the molecule is FC(F)c1cccc(Cl)c1I. The molecule has 4 heteroatoms. The van der Waals surface area contributed by atoms with E-state index in [9.17, 15) is 8.78 Å². The predicted octanol–water partition coefficient (Wildman–Crippen LogP) is 3.88. The van der Waals surface area contributed by atoms with E-state index < -0.39 is 6.43 Å². The van der Waals surface area contributed by atoms with Gasteiger partial charge in [0, 0.05) is 9.13 Å². The molecular weight excluding hydrogens is 284 g/mol. The van der Waals surface area contributed by atoms with Crippen molar-refractivity contribution >= 4 is 34.2 Å². The van der Waals surface area contributed by atoms with Gasteiger partial charge >= 0.3 is 0 Å². The van der Waals surface area contributed by atoms with Crippen molar-refractivity contribution in [2.45, 2.75) is 6.43 Å². The lowest BCUT2D eigenvalue weighted by atomic mass is 10.2. The van der Waals surface area contributed by atoms with E-state index >= 15 is 0 Å². The van der Waals surface area contributed by atoms with Crippen molar-refractivity contribution in [3.8, 4) is 0 Å². The maximum atomic E-state index is 12.1. The van der Waals surface area contributed by atoms with Gasteiger partial charge in [-0.25, -0.2) is 8.78 Å². The van der Waals surface area contributed by atoms with Gasteiger partial charge < -0.3 is 0 Å². The first-order valence-electron chi connectivity index (χ1n) is 2.85. The highest BCUT2D eigenvalue weighted by atomic mass is 127. The van der Waals surface area contributed by atoms with Crippen LogP contribution in [0.25, 0.3) is 0 Å². The van der Waals surface area contributed by atoms with Crippen molar-refractivity contribution in [1.29, 1.82) is 0 Å². The Morgan fingerprint density at radius 2 is 2.00 bits per heavy atom. The lowest BCUT2D eigenvalue weighted by Gasteiger charge is -2.03. The van der Waals surface area contributed by atoms with Gasteiger partial charge in [0.15, 0.2) is 0 Å². The Kier molecular flexibility index (Phi) is 3.06. The lowest BCUT2D eigenvalue weighted by Crippen LogP contribution is -1.88. The summed E-state index contributed by atoms with van der Waals surface area (Å²) in [6, 6.07) is 4.49. The zero-order valence-electron chi connectivity index (χ0n) is 5.32. The van der Waals surface area contributed by atoms with Crippen LogP contribution < -0.4 is 0 Å². The Hall–Kier alpha value is 0.100. The van der Waals surface area contributed by atoms with Crippen LogP contribution in [0.1, 0.15) is 12.0 Å². The van der Waals surface area contributed by atoms with Crippen molar-refractivity contribution in [2.75, 3.05) is 0 Å². The number of hydrogen-bond donors (Lipinski definition) is 0. The normalized spacial score (nSPS) is 10.6. The van der Waals surface area contributed by atoms with Gasteiger partial charge in [0.1, 0.15) is 0 Å². The second-order valence-electron chi connectivity index (χ2n) is 1.94. The molecule has 0 aliphatic rings. The number of benzene rings is 1. The predicted molar refractivity (Wildman–Crippen MR) is 49.1 cm³/mol. The Morgan fingerprint density at radius 3 is 2.45 bits per heavy atom. The van der Waals surface area contributed by atoms with Gasteiger partial charge in [0.05, 0.1) is 5.02 Å². The van der Waals surface area contributed by atoms with Crippen LogP contribution in [0.4, 0.5) is 8.78 Å². The molecule has 0 aliphatic carbocycles. The number of rotatable bonds is 1. The molecular formula is C7H4ClF2I. The third kappa shape index (κ3) is 2.02.